The van der Waals surface area contributed by atoms with Gasteiger partial charge in [0.25, 0.3) is 0 Å². The first-order valence-corrected chi connectivity index (χ1v) is 15.9. The van der Waals surface area contributed by atoms with Crippen LogP contribution in [0.1, 0.15) is 76.3 Å². The molecule has 2 aromatic rings. The van der Waals surface area contributed by atoms with Gasteiger partial charge < -0.3 is 21.5 Å². The van der Waals surface area contributed by atoms with Crippen molar-refractivity contribution >= 4 is 46.6 Å². The van der Waals surface area contributed by atoms with E-state index >= 15 is 4.39 Å². The summed E-state index contributed by atoms with van der Waals surface area (Å²) in [5.74, 6) is -4.27. The summed E-state index contributed by atoms with van der Waals surface area (Å²) in [6.07, 6.45) is 4.75. The van der Waals surface area contributed by atoms with Crippen LogP contribution in [0.3, 0.4) is 0 Å². The van der Waals surface area contributed by atoms with Gasteiger partial charge in [-0.05, 0) is 79.7 Å². The van der Waals surface area contributed by atoms with Gasteiger partial charge in [0.2, 0.25) is 17.7 Å². The summed E-state index contributed by atoms with van der Waals surface area (Å²) in [6.45, 7) is 6.45. The van der Waals surface area contributed by atoms with Crippen molar-refractivity contribution in [3.8, 4) is 0 Å². The first-order valence-electron chi connectivity index (χ1n) is 15.2. The molecule has 1 spiro atoms. The zero-order valence-electron chi connectivity index (χ0n) is 25.2. The summed E-state index contributed by atoms with van der Waals surface area (Å²) in [5.41, 5.74) is 12.4. The van der Waals surface area contributed by atoms with E-state index in [1.165, 1.54) is 12.3 Å². The maximum Gasteiger partial charge on any atom is 0.246 e. The summed E-state index contributed by atoms with van der Waals surface area (Å²) in [6, 6.07) is 5.36. The van der Waals surface area contributed by atoms with Crippen molar-refractivity contribution < 1.29 is 23.5 Å². The molecule has 12 heteroatoms. The highest BCUT2D eigenvalue weighted by atomic mass is 35.5. The number of carbonyl (C=O) groups excluding carboxylic acids is 3. The molecule has 0 radical (unpaired) electrons. The van der Waals surface area contributed by atoms with Crippen molar-refractivity contribution in [3.63, 3.8) is 0 Å². The molecule has 2 saturated heterocycles. The quantitative estimate of drug-likeness (QED) is 0.363. The minimum absolute atomic E-state index is 0.00799. The van der Waals surface area contributed by atoms with Crippen LogP contribution in [0.2, 0.25) is 10.2 Å². The minimum atomic E-state index is -1.07. The second-order valence-electron chi connectivity index (χ2n) is 13.1. The summed E-state index contributed by atoms with van der Waals surface area (Å²) in [4.78, 5) is 46.2. The molecule has 3 fully saturated rings. The molecule has 5 rings (SSSR count). The Balaban J connectivity index is 1.69. The van der Waals surface area contributed by atoms with Gasteiger partial charge >= 0.3 is 0 Å². The van der Waals surface area contributed by atoms with Gasteiger partial charge in [-0.2, -0.15) is 0 Å². The van der Waals surface area contributed by atoms with E-state index in [1.807, 2.05) is 17.9 Å². The molecule has 5 atom stereocenters. The molecule has 3 amide bonds. The minimum Gasteiger partial charge on any atom is -0.368 e. The third kappa shape index (κ3) is 5.94. The molecule has 238 valence electrons. The van der Waals surface area contributed by atoms with Gasteiger partial charge in [-0.3, -0.25) is 19.3 Å². The Labute approximate surface area is 267 Å². The number of primary amides is 2. The number of aromatic nitrogens is 1. The highest BCUT2D eigenvalue weighted by Crippen LogP contribution is 2.59. The third-order valence-corrected chi connectivity index (χ3v) is 10.5. The number of ether oxygens (including phenoxy) is 1. The number of nitrogens with zero attached hydrogens (tertiary/aromatic N) is 2. The molecule has 44 heavy (non-hydrogen) atoms. The van der Waals surface area contributed by atoms with Crippen LogP contribution in [-0.2, 0) is 25.5 Å². The number of pyridine rings is 1. The highest BCUT2D eigenvalue weighted by molar-refractivity contribution is 6.31. The van der Waals surface area contributed by atoms with Crippen LogP contribution in [0.25, 0.3) is 0 Å². The predicted molar refractivity (Wildman–Crippen MR) is 167 cm³/mol. The van der Waals surface area contributed by atoms with Crippen LogP contribution >= 0.6 is 23.2 Å². The molecular weight excluding hydrogens is 608 g/mol. The first kappa shape index (κ1) is 32.6. The van der Waals surface area contributed by atoms with E-state index in [1.54, 1.807) is 12.1 Å². The molecule has 9 nitrogen and oxygen atoms in total. The SMILES string of the molecule is CCc1ccc(Cl)cc1NC(=O)[C@H]1[C@@H](c2ccnc(Cl)c2F)[C@H](C(N)=O)N([C@@H]2CC[C@@H](C(N)=O)OC2)C12CCC(C)(C)CC2. The fourth-order valence-corrected chi connectivity index (χ4v) is 8.11. The number of hydrogen-bond donors (Lipinski definition) is 3. The van der Waals surface area contributed by atoms with Gasteiger partial charge in [-0.15, -0.1) is 0 Å². The van der Waals surface area contributed by atoms with Gasteiger partial charge in [0, 0.05) is 34.4 Å². The van der Waals surface area contributed by atoms with Gasteiger partial charge in [-0.1, -0.05) is 50.0 Å². The number of aryl methyl sites for hydroxylation is 1. The zero-order valence-corrected chi connectivity index (χ0v) is 26.8. The van der Waals surface area contributed by atoms with E-state index in [4.69, 9.17) is 39.4 Å². The lowest BCUT2D eigenvalue weighted by Crippen LogP contribution is -2.62. The number of likely N-dealkylation sites (tertiary alicyclic amines) is 1. The summed E-state index contributed by atoms with van der Waals surface area (Å²) < 4.78 is 21.8. The lowest BCUT2D eigenvalue weighted by molar-refractivity contribution is -0.144. The van der Waals surface area contributed by atoms with E-state index in [0.29, 0.717) is 42.8 Å². The number of halogens is 3. The van der Waals surface area contributed by atoms with E-state index in [-0.39, 0.29) is 34.7 Å². The average Bonchev–Trinajstić information content (AvgIpc) is 3.27. The summed E-state index contributed by atoms with van der Waals surface area (Å²) in [7, 11) is 0. The van der Waals surface area contributed by atoms with Crippen molar-refractivity contribution in [2.45, 2.75) is 95.4 Å². The van der Waals surface area contributed by atoms with E-state index < -0.39 is 47.2 Å². The van der Waals surface area contributed by atoms with Crippen molar-refractivity contribution in [2.24, 2.45) is 22.8 Å². The summed E-state index contributed by atoms with van der Waals surface area (Å²) in [5, 5.41) is 3.22. The Hall–Kier alpha value is -2.79. The average molecular weight is 649 g/mol. The molecule has 0 bridgehead atoms. The summed E-state index contributed by atoms with van der Waals surface area (Å²) >= 11 is 12.5. The lowest BCUT2D eigenvalue weighted by Gasteiger charge is -2.52. The number of anilines is 1. The lowest BCUT2D eigenvalue weighted by atomic mass is 9.62. The molecular formula is C32H40Cl2FN5O4. The maximum atomic E-state index is 15.9. The zero-order chi connectivity index (χ0) is 32.0. The number of amides is 3. The number of nitrogens with two attached hydrogens (primary N) is 2. The fourth-order valence-electron chi connectivity index (χ4n) is 7.77. The molecule has 1 aromatic carbocycles. The van der Waals surface area contributed by atoms with Crippen LogP contribution in [0.5, 0.6) is 0 Å². The Morgan fingerprint density at radius 2 is 1.80 bits per heavy atom. The van der Waals surface area contributed by atoms with Gasteiger partial charge in [0.05, 0.1) is 18.6 Å². The largest absolute Gasteiger partial charge is 0.368 e. The van der Waals surface area contributed by atoms with Gasteiger partial charge in [-0.25, -0.2) is 9.37 Å². The number of benzene rings is 1. The number of nitrogens with one attached hydrogen (secondary N) is 1. The Bertz CT molecular complexity index is 1440. The van der Waals surface area contributed by atoms with Crippen LogP contribution in [0, 0.1) is 17.2 Å². The van der Waals surface area contributed by atoms with Crippen molar-refractivity contribution in [3.05, 3.63) is 57.6 Å². The second kappa shape index (κ2) is 12.5. The van der Waals surface area contributed by atoms with Crippen molar-refractivity contribution in [1.29, 1.82) is 0 Å². The van der Waals surface area contributed by atoms with E-state index in [2.05, 4.69) is 24.1 Å². The third-order valence-electron chi connectivity index (χ3n) is 10.0. The van der Waals surface area contributed by atoms with Crippen molar-refractivity contribution in [2.75, 3.05) is 11.9 Å². The Morgan fingerprint density at radius 1 is 1.09 bits per heavy atom. The first-order chi connectivity index (χ1) is 20.8. The molecule has 5 N–H and O–H groups in total. The maximum absolute atomic E-state index is 15.9. The van der Waals surface area contributed by atoms with Crippen LogP contribution in [0.4, 0.5) is 10.1 Å². The highest BCUT2D eigenvalue weighted by Gasteiger charge is 2.66. The molecule has 1 aliphatic carbocycles. The topological polar surface area (TPSA) is 141 Å². The number of hydrogen-bond acceptors (Lipinski definition) is 6. The fraction of sp³-hybridized carbons (Fsp3) is 0.562. The van der Waals surface area contributed by atoms with E-state index in [0.717, 1.165) is 18.4 Å². The molecule has 3 heterocycles. The Kier molecular flexibility index (Phi) is 9.29. The van der Waals surface area contributed by atoms with Crippen LogP contribution in [-0.4, -0.2) is 57.9 Å². The predicted octanol–water partition coefficient (Wildman–Crippen LogP) is 4.97. The Morgan fingerprint density at radius 3 is 2.39 bits per heavy atom. The second-order valence-corrected chi connectivity index (χ2v) is 13.9. The number of rotatable bonds is 7. The monoisotopic (exact) mass is 647 g/mol. The van der Waals surface area contributed by atoms with Crippen molar-refractivity contribution in [1.82, 2.24) is 9.88 Å². The number of carbonyl (C=O) groups is 3. The molecule has 1 saturated carbocycles. The molecule has 0 unspecified atom stereocenters. The smallest absolute Gasteiger partial charge is 0.246 e. The molecule has 1 aromatic heterocycles. The normalized spacial score (nSPS) is 28.1. The molecule has 3 aliphatic rings. The van der Waals surface area contributed by atoms with Crippen LogP contribution in [0.15, 0.2) is 30.5 Å². The van der Waals surface area contributed by atoms with Crippen LogP contribution < -0.4 is 16.8 Å². The van der Waals surface area contributed by atoms with Gasteiger partial charge in [0.1, 0.15) is 6.10 Å². The molecule has 2 aliphatic heterocycles. The van der Waals surface area contributed by atoms with E-state index in [9.17, 15) is 14.4 Å². The standard InChI is InChI=1S/C32H40Cl2FN5O4/c1-4-17-5-6-18(33)15-21(17)39-30(43)24-23(20-9-14-38-27(34)25(20)35)26(29(37)42)40(19-7-8-22(28(36)41)44-16-19)32(24)12-10-31(2,3)11-13-32/h5-6,9,14-15,19,22-24,26H,4,7-8,10-13,16H2,1-3H3,(H2,36,41)(H2,37,42)(H,39,43)/t19-,22+,23-,24-,26-/m1/s1. The van der Waals surface area contributed by atoms with Gasteiger partial charge in [0.15, 0.2) is 11.0 Å².